The van der Waals surface area contributed by atoms with Crippen LogP contribution in [0.4, 0.5) is 11.4 Å². The Morgan fingerprint density at radius 1 is 0.897 bits per heavy atom. The molecular weight excluding hydrogens is 596 g/mol. The molecular formula is C30H22BrClN4O2S. The van der Waals surface area contributed by atoms with Crippen molar-refractivity contribution in [2.45, 2.75) is 11.9 Å². The van der Waals surface area contributed by atoms with Crippen LogP contribution in [0, 0.1) is 0 Å². The predicted octanol–water partition coefficient (Wildman–Crippen LogP) is 7.62. The molecule has 2 heterocycles. The molecule has 2 aliphatic rings. The van der Waals surface area contributed by atoms with E-state index in [1.54, 1.807) is 6.92 Å². The van der Waals surface area contributed by atoms with Crippen molar-refractivity contribution >= 4 is 67.4 Å². The number of carbonyl (C=O) groups excluding carboxylic acids is 1. The van der Waals surface area contributed by atoms with Gasteiger partial charge in [0.2, 0.25) is 10.0 Å². The fraction of sp³-hybridized carbons (Fsp3) is 0.100. The SMILES string of the molecule is CCOC(=O)C1=NN(c2cccc(Cl)c2)[C@]2(S1)c1ccccc1C(c1ccc(Br)cc1)=NN2c1ccccc1. The first kappa shape index (κ1) is 25.7. The van der Waals surface area contributed by atoms with E-state index in [1.807, 2.05) is 101 Å². The third kappa shape index (κ3) is 4.52. The molecule has 0 N–H and O–H groups in total. The van der Waals surface area contributed by atoms with Crippen molar-refractivity contribution in [3.05, 3.63) is 129 Å². The van der Waals surface area contributed by atoms with Crippen LogP contribution in [0.15, 0.2) is 118 Å². The van der Waals surface area contributed by atoms with Crippen LogP contribution >= 0.6 is 39.3 Å². The first-order chi connectivity index (χ1) is 19.0. The molecule has 194 valence electrons. The van der Waals surface area contributed by atoms with Crippen molar-refractivity contribution in [1.82, 2.24) is 0 Å². The fourth-order valence-corrected chi connectivity index (χ4v) is 6.44. The molecule has 0 fully saturated rings. The predicted molar refractivity (Wildman–Crippen MR) is 162 cm³/mol. The van der Waals surface area contributed by atoms with Gasteiger partial charge in [-0.25, -0.2) is 14.8 Å². The molecule has 0 bridgehead atoms. The summed E-state index contributed by atoms with van der Waals surface area (Å²) in [5.41, 5.74) is 5.18. The standard InChI is InChI=1S/C30H22BrClN4O2S/c1-2-38-29(37)28-34-36(24-12-8-9-22(32)19-24)30(39-28)26-14-7-6-13-25(26)27(20-15-17-21(31)18-16-20)33-35(30)23-10-4-3-5-11-23/h3-19H,2H2,1H3/t30-/m0/s1. The van der Waals surface area contributed by atoms with Crippen molar-refractivity contribution in [3.63, 3.8) is 0 Å². The lowest BCUT2D eigenvalue weighted by Gasteiger charge is -2.47. The lowest BCUT2D eigenvalue weighted by atomic mass is 9.93. The van der Waals surface area contributed by atoms with E-state index in [0.717, 1.165) is 32.6 Å². The van der Waals surface area contributed by atoms with Gasteiger partial charge >= 0.3 is 5.97 Å². The second kappa shape index (κ2) is 10.5. The Hall–Kier alpha value is -3.59. The topological polar surface area (TPSA) is 57.5 Å². The largest absolute Gasteiger partial charge is 0.461 e. The van der Waals surface area contributed by atoms with Crippen LogP contribution < -0.4 is 10.0 Å². The summed E-state index contributed by atoms with van der Waals surface area (Å²) in [4.78, 5) is 12.0. The van der Waals surface area contributed by atoms with Crippen LogP contribution in [-0.4, -0.2) is 23.3 Å². The number of nitrogens with zero attached hydrogens (tertiary/aromatic N) is 4. The summed E-state index contributed by atoms with van der Waals surface area (Å²) < 4.78 is 6.38. The number of hydrogen-bond acceptors (Lipinski definition) is 7. The van der Waals surface area contributed by atoms with E-state index < -0.39 is 11.0 Å². The van der Waals surface area contributed by atoms with Gasteiger partial charge in [-0.3, -0.25) is 0 Å². The van der Waals surface area contributed by atoms with E-state index in [9.17, 15) is 4.79 Å². The number of esters is 1. The highest BCUT2D eigenvalue weighted by atomic mass is 79.9. The summed E-state index contributed by atoms with van der Waals surface area (Å²) in [5.74, 6) is -0.486. The number of hydrazone groups is 2. The highest BCUT2D eigenvalue weighted by Gasteiger charge is 2.56. The molecule has 0 radical (unpaired) electrons. The Morgan fingerprint density at radius 2 is 1.59 bits per heavy atom. The molecule has 9 heteroatoms. The van der Waals surface area contributed by atoms with Crippen LogP contribution in [0.25, 0.3) is 0 Å². The van der Waals surface area contributed by atoms with Gasteiger partial charge in [-0.15, -0.1) is 0 Å². The Morgan fingerprint density at radius 3 is 2.33 bits per heavy atom. The maximum Gasteiger partial charge on any atom is 0.365 e. The zero-order chi connectivity index (χ0) is 27.0. The van der Waals surface area contributed by atoms with Crippen LogP contribution in [0.1, 0.15) is 23.6 Å². The molecule has 0 unspecified atom stereocenters. The minimum Gasteiger partial charge on any atom is -0.461 e. The van der Waals surface area contributed by atoms with E-state index >= 15 is 0 Å². The zero-order valence-electron chi connectivity index (χ0n) is 20.8. The minimum absolute atomic E-state index is 0.231. The summed E-state index contributed by atoms with van der Waals surface area (Å²) in [6, 6.07) is 33.5. The van der Waals surface area contributed by atoms with Gasteiger partial charge in [-0.1, -0.05) is 88.2 Å². The maximum absolute atomic E-state index is 13.1. The Labute approximate surface area is 244 Å². The van der Waals surface area contributed by atoms with Gasteiger partial charge < -0.3 is 4.74 Å². The molecule has 2 aliphatic heterocycles. The van der Waals surface area contributed by atoms with Gasteiger partial charge in [0.25, 0.3) is 0 Å². The number of ether oxygens (including phenoxy) is 1. The molecule has 0 saturated heterocycles. The van der Waals surface area contributed by atoms with Gasteiger partial charge in [-0.2, -0.15) is 10.2 Å². The van der Waals surface area contributed by atoms with Gasteiger partial charge in [0, 0.05) is 26.2 Å². The lowest BCUT2D eigenvalue weighted by Crippen LogP contribution is -2.54. The molecule has 4 aromatic rings. The zero-order valence-corrected chi connectivity index (χ0v) is 24.0. The Balaban J connectivity index is 1.64. The van der Waals surface area contributed by atoms with Crippen molar-refractivity contribution in [2.75, 3.05) is 16.6 Å². The third-order valence-corrected chi connectivity index (χ3v) is 8.41. The average molecular weight is 618 g/mol. The highest BCUT2D eigenvalue weighted by molar-refractivity contribution is 9.10. The van der Waals surface area contributed by atoms with Crippen LogP contribution in [0.5, 0.6) is 0 Å². The van der Waals surface area contributed by atoms with Crippen molar-refractivity contribution in [3.8, 4) is 0 Å². The molecule has 0 aromatic heterocycles. The molecule has 0 aliphatic carbocycles. The number of fused-ring (bicyclic) bond motifs is 2. The number of halogens is 2. The Kier molecular flexibility index (Phi) is 6.93. The molecule has 6 rings (SSSR count). The molecule has 39 heavy (non-hydrogen) atoms. The summed E-state index contributed by atoms with van der Waals surface area (Å²) in [7, 11) is 0. The van der Waals surface area contributed by atoms with Gasteiger partial charge in [0.05, 0.1) is 23.7 Å². The second-order valence-corrected chi connectivity index (χ2v) is 11.3. The number of thioether (sulfide) groups is 1. The van der Waals surface area contributed by atoms with Crippen LogP contribution in [0.2, 0.25) is 5.02 Å². The van der Waals surface area contributed by atoms with Crippen molar-refractivity contribution in [2.24, 2.45) is 10.2 Å². The summed E-state index contributed by atoms with van der Waals surface area (Å²) in [5, 5.41) is 14.7. The molecule has 0 saturated carbocycles. The lowest BCUT2D eigenvalue weighted by molar-refractivity contribution is -0.134. The highest BCUT2D eigenvalue weighted by Crippen LogP contribution is 2.55. The van der Waals surface area contributed by atoms with E-state index in [4.69, 9.17) is 26.5 Å². The second-order valence-electron chi connectivity index (χ2n) is 8.78. The summed E-state index contributed by atoms with van der Waals surface area (Å²) in [6.07, 6.45) is 0. The minimum atomic E-state index is -1.08. The number of rotatable bonds is 5. The molecule has 1 spiro atoms. The van der Waals surface area contributed by atoms with Crippen molar-refractivity contribution in [1.29, 1.82) is 0 Å². The van der Waals surface area contributed by atoms with Crippen LogP contribution in [0.3, 0.4) is 0 Å². The summed E-state index contributed by atoms with van der Waals surface area (Å²) in [6.45, 7) is 2.02. The number of para-hydroxylation sites is 1. The van der Waals surface area contributed by atoms with E-state index in [2.05, 4.69) is 28.1 Å². The van der Waals surface area contributed by atoms with Gasteiger partial charge in [-0.05, 0) is 61.2 Å². The first-order valence-electron chi connectivity index (χ1n) is 12.3. The monoisotopic (exact) mass is 616 g/mol. The number of benzene rings is 4. The van der Waals surface area contributed by atoms with Gasteiger partial charge in [0.1, 0.15) is 0 Å². The first-order valence-corrected chi connectivity index (χ1v) is 14.3. The molecule has 6 nitrogen and oxygen atoms in total. The number of anilines is 2. The quantitative estimate of drug-likeness (QED) is 0.216. The van der Waals surface area contributed by atoms with E-state index in [1.165, 1.54) is 11.8 Å². The molecule has 4 aromatic carbocycles. The van der Waals surface area contributed by atoms with Gasteiger partial charge in [0.15, 0.2) is 0 Å². The normalized spacial score (nSPS) is 18.0. The average Bonchev–Trinajstić information content (AvgIpc) is 3.36. The maximum atomic E-state index is 13.1. The number of hydrogen-bond donors (Lipinski definition) is 0. The molecule has 1 atom stereocenters. The van der Waals surface area contributed by atoms with Crippen LogP contribution in [-0.2, 0) is 14.5 Å². The van der Waals surface area contributed by atoms with Crippen molar-refractivity contribution < 1.29 is 9.53 Å². The summed E-state index contributed by atoms with van der Waals surface area (Å²) >= 11 is 11.3. The fourth-order valence-electron chi connectivity index (χ4n) is 4.71. The smallest absolute Gasteiger partial charge is 0.365 e. The van der Waals surface area contributed by atoms with E-state index in [-0.39, 0.29) is 11.7 Å². The molecule has 0 amide bonds. The van der Waals surface area contributed by atoms with E-state index in [0.29, 0.717) is 10.7 Å². The Bertz CT molecular complexity index is 1610. The third-order valence-electron chi connectivity index (χ3n) is 6.36. The number of carbonyl (C=O) groups is 1.